The van der Waals surface area contributed by atoms with Gasteiger partial charge in [0, 0.05) is 13.1 Å². The summed E-state index contributed by atoms with van der Waals surface area (Å²) in [4.78, 5) is 11.8. The lowest BCUT2D eigenvalue weighted by molar-refractivity contribution is -0.126. The van der Waals surface area contributed by atoms with Crippen LogP contribution in [0.5, 0.6) is 0 Å². The lowest BCUT2D eigenvalue weighted by Gasteiger charge is -2.33. The molecule has 1 fully saturated rings. The van der Waals surface area contributed by atoms with Crippen LogP contribution < -0.4 is 5.32 Å². The van der Waals surface area contributed by atoms with Crippen LogP contribution in [0.1, 0.15) is 13.3 Å². The standard InChI is InChI=1S/C12H14Cl2N2O3S/c1-2-11-12(17)15-5-6-16(11)20(18,19)8-3-4-9(13)10(14)7-8/h3-4,7,11H,2,5-6H2,1H3,(H,15,17). The van der Waals surface area contributed by atoms with Crippen molar-refractivity contribution in [2.75, 3.05) is 13.1 Å². The first-order valence-corrected chi connectivity index (χ1v) is 8.32. The molecule has 1 aromatic rings. The van der Waals surface area contributed by atoms with Crippen molar-refractivity contribution in [3.63, 3.8) is 0 Å². The number of hydrogen-bond acceptors (Lipinski definition) is 3. The van der Waals surface area contributed by atoms with E-state index in [-0.39, 0.29) is 27.4 Å². The molecule has 0 radical (unpaired) electrons. The number of sulfonamides is 1. The second kappa shape index (κ2) is 5.89. The minimum atomic E-state index is -3.77. The smallest absolute Gasteiger partial charge is 0.243 e. The van der Waals surface area contributed by atoms with Gasteiger partial charge in [0.05, 0.1) is 14.9 Å². The first kappa shape index (κ1) is 15.6. The highest BCUT2D eigenvalue weighted by Gasteiger charge is 2.37. The number of hydrogen-bond donors (Lipinski definition) is 1. The SMILES string of the molecule is CCC1C(=O)NCCN1S(=O)(=O)c1ccc(Cl)c(Cl)c1. The zero-order valence-electron chi connectivity index (χ0n) is 10.8. The van der Waals surface area contributed by atoms with Gasteiger partial charge < -0.3 is 5.32 Å². The Balaban J connectivity index is 2.42. The summed E-state index contributed by atoms with van der Waals surface area (Å²) in [5.74, 6) is -0.276. The summed E-state index contributed by atoms with van der Waals surface area (Å²) in [5.41, 5.74) is 0. The summed E-state index contributed by atoms with van der Waals surface area (Å²) in [7, 11) is -3.77. The maximum atomic E-state index is 12.6. The van der Waals surface area contributed by atoms with Gasteiger partial charge in [0.25, 0.3) is 0 Å². The topological polar surface area (TPSA) is 66.5 Å². The molecular formula is C12H14Cl2N2O3S. The van der Waals surface area contributed by atoms with Crippen molar-refractivity contribution in [1.82, 2.24) is 9.62 Å². The van der Waals surface area contributed by atoms with Gasteiger partial charge in [-0.25, -0.2) is 8.42 Å². The van der Waals surface area contributed by atoms with Crippen LogP contribution in [0.4, 0.5) is 0 Å². The third-order valence-electron chi connectivity index (χ3n) is 3.17. The summed E-state index contributed by atoms with van der Waals surface area (Å²) in [6.07, 6.45) is 0.409. The monoisotopic (exact) mass is 336 g/mol. The molecule has 1 saturated heterocycles. The van der Waals surface area contributed by atoms with Gasteiger partial charge in [0.2, 0.25) is 15.9 Å². The molecular weight excluding hydrogens is 323 g/mol. The first-order valence-electron chi connectivity index (χ1n) is 6.12. The maximum absolute atomic E-state index is 12.6. The Labute approximate surface area is 127 Å². The van der Waals surface area contributed by atoms with Gasteiger partial charge in [-0.2, -0.15) is 4.31 Å². The summed E-state index contributed by atoms with van der Waals surface area (Å²) >= 11 is 11.7. The number of nitrogens with one attached hydrogen (secondary N) is 1. The molecule has 1 amide bonds. The van der Waals surface area contributed by atoms with Crippen LogP contribution in [0.15, 0.2) is 23.1 Å². The molecule has 1 aromatic carbocycles. The fraction of sp³-hybridized carbons (Fsp3) is 0.417. The zero-order valence-corrected chi connectivity index (χ0v) is 13.1. The first-order chi connectivity index (χ1) is 9.37. The molecule has 110 valence electrons. The second-order valence-corrected chi connectivity index (χ2v) is 7.11. The minimum Gasteiger partial charge on any atom is -0.353 e. The van der Waals surface area contributed by atoms with Crippen molar-refractivity contribution in [1.29, 1.82) is 0 Å². The van der Waals surface area contributed by atoms with Gasteiger partial charge in [-0.1, -0.05) is 30.1 Å². The highest BCUT2D eigenvalue weighted by Crippen LogP contribution is 2.28. The van der Waals surface area contributed by atoms with Crippen LogP contribution in [0, 0.1) is 0 Å². The highest BCUT2D eigenvalue weighted by atomic mass is 35.5. The molecule has 5 nitrogen and oxygen atoms in total. The van der Waals surface area contributed by atoms with Crippen LogP contribution in [0.2, 0.25) is 10.0 Å². The van der Waals surface area contributed by atoms with Gasteiger partial charge in [-0.05, 0) is 24.6 Å². The van der Waals surface area contributed by atoms with E-state index in [0.717, 1.165) is 0 Å². The van der Waals surface area contributed by atoms with Crippen LogP contribution in [-0.4, -0.2) is 37.8 Å². The quantitative estimate of drug-likeness (QED) is 0.916. The van der Waals surface area contributed by atoms with E-state index < -0.39 is 16.1 Å². The number of halogens is 2. The molecule has 1 aliphatic heterocycles. The second-order valence-electron chi connectivity index (χ2n) is 4.41. The average molecular weight is 337 g/mol. The van der Waals surface area contributed by atoms with Crippen molar-refractivity contribution >= 4 is 39.1 Å². The predicted molar refractivity (Wildman–Crippen MR) is 77.4 cm³/mol. The number of rotatable bonds is 3. The molecule has 20 heavy (non-hydrogen) atoms. The molecule has 1 heterocycles. The fourth-order valence-electron chi connectivity index (χ4n) is 2.14. The molecule has 1 N–H and O–H groups in total. The average Bonchev–Trinajstić information content (AvgIpc) is 2.41. The number of nitrogens with zero attached hydrogens (tertiary/aromatic N) is 1. The van der Waals surface area contributed by atoms with Crippen LogP contribution in [0.25, 0.3) is 0 Å². The van der Waals surface area contributed by atoms with E-state index in [9.17, 15) is 13.2 Å². The molecule has 1 unspecified atom stereocenters. The summed E-state index contributed by atoms with van der Waals surface area (Å²) in [6.45, 7) is 2.32. The van der Waals surface area contributed by atoms with E-state index in [4.69, 9.17) is 23.2 Å². The van der Waals surface area contributed by atoms with E-state index in [0.29, 0.717) is 13.0 Å². The molecule has 0 aromatic heterocycles. The molecule has 1 aliphatic rings. The number of carbonyl (C=O) groups excluding carboxylic acids is 1. The van der Waals surface area contributed by atoms with Crippen LogP contribution >= 0.6 is 23.2 Å². The number of amides is 1. The Kier molecular flexibility index (Phi) is 4.59. The normalized spacial score (nSPS) is 20.8. The fourth-order valence-corrected chi connectivity index (χ4v) is 4.19. The molecule has 8 heteroatoms. The van der Waals surface area contributed by atoms with Crippen molar-refractivity contribution in [2.45, 2.75) is 24.3 Å². The van der Waals surface area contributed by atoms with Crippen molar-refractivity contribution in [3.05, 3.63) is 28.2 Å². The van der Waals surface area contributed by atoms with Crippen molar-refractivity contribution in [2.24, 2.45) is 0 Å². The van der Waals surface area contributed by atoms with E-state index in [1.807, 2.05) is 0 Å². The maximum Gasteiger partial charge on any atom is 0.243 e. The van der Waals surface area contributed by atoms with Crippen LogP contribution in [-0.2, 0) is 14.8 Å². The Bertz CT molecular complexity index is 634. The van der Waals surface area contributed by atoms with Gasteiger partial charge in [0.15, 0.2) is 0 Å². The number of carbonyl (C=O) groups is 1. The lowest BCUT2D eigenvalue weighted by atomic mass is 10.2. The molecule has 0 aliphatic carbocycles. The third-order valence-corrected chi connectivity index (χ3v) is 5.81. The number of benzene rings is 1. The van der Waals surface area contributed by atoms with Gasteiger partial charge in [-0.15, -0.1) is 0 Å². The largest absolute Gasteiger partial charge is 0.353 e. The van der Waals surface area contributed by atoms with E-state index in [2.05, 4.69) is 5.32 Å². The van der Waals surface area contributed by atoms with Gasteiger partial charge in [-0.3, -0.25) is 4.79 Å². The Morgan fingerprint density at radius 2 is 2.05 bits per heavy atom. The van der Waals surface area contributed by atoms with Crippen LogP contribution in [0.3, 0.4) is 0 Å². The summed E-state index contributed by atoms with van der Waals surface area (Å²) < 4.78 is 26.4. The Hall–Kier alpha value is -0.820. The molecule has 0 spiro atoms. The van der Waals surface area contributed by atoms with Gasteiger partial charge in [0.1, 0.15) is 6.04 Å². The molecule has 1 atom stereocenters. The van der Waals surface area contributed by atoms with Gasteiger partial charge >= 0.3 is 0 Å². The third kappa shape index (κ3) is 2.79. The van der Waals surface area contributed by atoms with E-state index >= 15 is 0 Å². The highest BCUT2D eigenvalue weighted by molar-refractivity contribution is 7.89. The van der Waals surface area contributed by atoms with E-state index in [1.54, 1.807) is 6.92 Å². The number of piperazine rings is 1. The Morgan fingerprint density at radius 3 is 2.65 bits per heavy atom. The Morgan fingerprint density at radius 1 is 1.35 bits per heavy atom. The molecule has 0 bridgehead atoms. The lowest BCUT2D eigenvalue weighted by Crippen LogP contribution is -2.56. The van der Waals surface area contributed by atoms with E-state index in [1.165, 1.54) is 22.5 Å². The summed E-state index contributed by atoms with van der Waals surface area (Å²) in [6, 6.07) is 3.44. The molecule has 0 saturated carbocycles. The minimum absolute atomic E-state index is 0.0417. The summed E-state index contributed by atoms with van der Waals surface area (Å²) in [5, 5.41) is 3.12. The predicted octanol–water partition coefficient (Wildman–Crippen LogP) is 1.89. The molecule has 2 rings (SSSR count). The zero-order chi connectivity index (χ0) is 14.9. The van der Waals surface area contributed by atoms with Crippen molar-refractivity contribution < 1.29 is 13.2 Å². The van der Waals surface area contributed by atoms with Crippen molar-refractivity contribution in [3.8, 4) is 0 Å².